The number of hydrogen-bond donors (Lipinski definition) is 1. The van der Waals surface area contributed by atoms with E-state index in [1.165, 1.54) is 0 Å². The summed E-state index contributed by atoms with van der Waals surface area (Å²) < 4.78 is 32.2. The molecule has 4 heteroatoms. The molecule has 104 valence electrons. The standard InChI is InChI=1S/C16H15F2NO/c17-16(18)11-15(16,19)13-7-4-8-14(9-13)20-10-12-5-2-1-3-6-12/h1-9H,10-11,19H2. The summed E-state index contributed by atoms with van der Waals surface area (Å²) in [5.41, 5.74) is 5.64. The summed E-state index contributed by atoms with van der Waals surface area (Å²) in [6, 6.07) is 16.3. The van der Waals surface area contributed by atoms with Crippen molar-refractivity contribution < 1.29 is 13.5 Å². The molecule has 0 aliphatic heterocycles. The summed E-state index contributed by atoms with van der Waals surface area (Å²) in [6.07, 6.45) is -0.303. The number of alkyl halides is 2. The van der Waals surface area contributed by atoms with Crippen LogP contribution in [0.1, 0.15) is 17.5 Å². The van der Waals surface area contributed by atoms with E-state index < -0.39 is 11.5 Å². The zero-order valence-corrected chi connectivity index (χ0v) is 10.9. The quantitative estimate of drug-likeness (QED) is 0.927. The van der Waals surface area contributed by atoms with Crippen molar-refractivity contribution in [3.05, 3.63) is 65.7 Å². The van der Waals surface area contributed by atoms with Crippen molar-refractivity contribution in [1.29, 1.82) is 0 Å². The van der Waals surface area contributed by atoms with Crippen LogP contribution in [-0.4, -0.2) is 5.92 Å². The normalized spacial score (nSPS) is 23.4. The maximum atomic E-state index is 13.3. The van der Waals surface area contributed by atoms with Gasteiger partial charge >= 0.3 is 0 Å². The molecule has 0 amide bonds. The average molecular weight is 275 g/mol. The highest BCUT2D eigenvalue weighted by Gasteiger charge is 2.69. The maximum absolute atomic E-state index is 13.3. The molecule has 2 aromatic rings. The molecule has 0 heterocycles. The van der Waals surface area contributed by atoms with Gasteiger partial charge in [-0.1, -0.05) is 42.5 Å². The highest BCUT2D eigenvalue weighted by molar-refractivity contribution is 5.40. The summed E-state index contributed by atoms with van der Waals surface area (Å²) in [7, 11) is 0. The molecule has 0 aromatic heterocycles. The van der Waals surface area contributed by atoms with E-state index in [0.29, 0.717) is 17.9 Å². The fraction of sp³-hybridized carbons (Fsp3) is 0.250. The van der Waals surface area contributed by atoms with Gasteiger partial charge in [0.05, 0.1) is 0 Å². The first-order valence-electron chi connectivity index (χ1n) is 6.45. The Bertz CT molecular complexity index is 615. The van der Waals surface area contributed by atoms with Gasteiger partial charge in [-0.05, 0) is 23.3 Å². The zero-order valence-electron chi connectivity index (χ0n) is 10.9. The molecule has 0 bridgehead atoms. The van der Waals surface area contributed by atoms with E-state index in [9.17, 15) is 8.78 Å². The molecule has 3 rings (SSSR count). The first-order chi connectivity index (χ1) is 9.51. The third-order valence-corrected chi connectivity index (χ3v) is 3.63. The average Bonchev–Trinajstić information content (AvgIpc) is 2.98. The Hall–Kier alpha value is -1.94. The summed E-state index contributed by atoms with van der Waals surface area (Å²) in [4.78, 5) is 0. The molecule has 1 aliphatic rings. The van der Waals surface area contributed by atoms with Crippen molar-refractivity contribution in [1.82, 2.24) is 0 Å². The molecular formula is C16H15F2NO. The lowest BCUT2D eigenvalue weighted by Gasteiger charge is -2.13. The van der Waals surface area contributed by atoms with Crippen LogP contribution in [0.25, 0.3) is 0 Å². The van der Waals surface area contributed by atoms with Gasteiger partial charge in [-0.25, -0.2) is 8.78 Å². The van der Waals surface area contributed by atoms with Gasteiger partial charge in [0.15, 0.2) is 0 Å². The first kappa shape index (κ1) is 13.1. The number of halogens is 2. The molecule has 1 aliphatic carbocycles. The van der Waals surface area contributed by atoms with Crippen LogP contribution < -0.4 is 10.5 Å². The molecule has 1 atom stereocenters. The largest absolute Gasteiger partial charge is 0.489 e. The van der Waals surface area contributed by atoms with Gasteiger partial charge in [0, 0.05) is 6.42 Å². The van der Waals surface area contributed by atoms with Gasteiger partial charge in [0.25, 0.3) is 5.92 Å². The highest BCUT2D eigenvalue weighted by Crippen LogP contribution is 2.57. The maximum Gasteiger partial charge on any atom is 0.272 e. The molecule has 2 nitrogen and oxygen atoms in total. The number of benzene rings is 2. The molecule has 20 heavy (non-hydrogen) atoms. The number of ether oxygens (including phenoxy) is 1. The van der Waals surface area contributed by atoms with Crippen LogP contribution in [-0.2, 0) is 12.1 Å². The van der Waals surface area contributed by atoms with Gasteiger partial charge in [0.2, 0.25) is 0 Å². The van der Waals surface area contributed by atoms with Crippen molar-refractivity contribution in [2.45, 2.75) is 24.5 Å². The van der Waals surface area contributed by atoms with Gasteiger partial charge in [0.1, 0.15) is 17.9 Å². The molecule has 1 saturated carbocycles. The minimum Gasteiger partial charge on any atom is -0.489 e. The van der Waals surface area contributed by atoms with Crippen LogP contribution >= 0.6 is 0 Å². The van der Waals surface area contributed by atoms with Crippen molar-refractivity contribution in [2.24, 2.45) is 5.73 Å². The lowest BCUT2D eigenvalue weighted by molar-refractivity contribution is 0.0890. The van der Waals surface area contributed by atoms with Gasteiger partial charge in [-0.3, -0.25) is 0 Å². The Morgan fingerprint density at radius 3 is 2.40 bits per heavy atom. The van der Waals surface area contributed by atoms with Crippen molar-refractivity contribution >= 4 is 0 Å². The second-order valence-electron chi connectivity index (χ2n) is 5.15. The van der Waals surface area contributed by atoms with Crippen molar-refractivity contribution in [2.75, 3.05) is 0 Å². The molecule has 0 saturated heterocycles. The van der Waals surface area contributed by atoms with Gasteiger partial charge in [-0.2, -0.15) is 0 Å². The van der Waals surface area contributed by atoms with Crippen LogP contribution in [0.3, 0.4) is 0 Å². The Labute approximate surface area is 116 Å². The Morgan fingerprint density at radius 2 is 1.75 bits per heavy atom. The van der Waals surface area contributed by atoms with E-state index in [2.05, 4.69) is 0 Å². The molecule has 1 unspecified atom stereocenters. The van der Waals surface area contributed by atoms with Crippen LogP contribution in [0, 0.1) is 0 Å². The number of hydrogen-bond acceptors (Lipinski definition) is 2. The van der Waals surface area contributed by atoms with E-state index in [4.69, 9.17) is 10.5 Å². The first-order valence-corrected chi connectivity index (χ1v) is 6.45. The van der Waals surface area contributed by atoms with E-state index >= 15 is 0 Å². The van der Waals surface area contributed by atoms with Crippen LogP contribution in [0.15, 0.2) is 54.6 Å². The fourth-order valence-electron chi connectivity index (χ4n) is 2.22. The minimum absolute atomic E-state index is 0.303. The predicted octanol–water partition coefficient (Wildman–Crippen LogP) is 3.46. The van der Waals surface area contributed by atoms with E-state index in [0.717, 1.165) is 5.56 Å². The van der Waals surface area contributed by atoms with E-state index in [1.54, 1.807) is 24.3 Å². The molecule has 2 N–H and O–H groups in total. The topological polar surface area (TPSA) is 35.2 Å². The second kappa shape index (κ2) is 4.56. The lowest BCUT2D eigenvalue weighted by Crippen LogP contribution is -2.27. The van der Waals surface area contributed by atoms with Crippen LogP contribution in [0.4, 0.5) is 8.78 Å². The molecule has 1 fully saturated rings. The Morgan fingerprint density at radius 1 is 1.05 bits per heavy atom. The Balaban J connectivity index is 1.73. The van der Waals surface area contributed by atoms with Gasteiger partial charge < -0.3 is 10.5 Å². The molecular weight excluding hydrogens is 260 g/mol. The van der Waals surface area contributed by atoms with E-state index in [-0.39, 0.29) is 6.42 Å². The van der Waals surface area contributed by atoms with Crippen LogP contribution in [0.2, 0.25) is 0 Å². The fourth-order valence-corrected chi connectivity index (χ4v) is 2.22. The van der Waals surface area contributed by atoms with E-state index in [1.807, 2.05) is 30.3 Å². The second-order valence-corrected chi connectivity index (χ2v) is 5.15. The summed E-state index contributed by atoms with van der Waals surface area (Å²) >= 11 is 0. The summed E-state index contributed by atoms with van der Waals surface area (Å²) in [6.45, 7) is 0.401. The smallest absolute Gasteiger partial charge is 0.272 e. The highest BCUT2D eigenvalue weighted by atomic mass is 19.3. The van der Waals surface area contributed by atoms with Crippen molar-refractivity contribution in [3.63, 3.8) is 0 Å². The number of nitrogens with two attached hydrogens (primary N) is 1. The summed E-state index contributed by atoms with van der Waals surface area (Å²) in [5, 5.41) is 0. The molecule has 2 aromatic carbocycles. The predicted molar refractivity (Wildman–Crippen MR) is 72.6 cm³/mol. The van der Waals surface area contributed by atoms with Crippen molar-refractivity contribution in [3.8, 4) is 5.75 Å². The minimum atomic E-state index is -2.81. The monoisotopic (exact) mass is 275 g/mol. The molecule has 0 spiro atoms. The zero-order chi connectivity index (χ0) is 14.2. The SMILES string of the molecule is NC1(c2cccc(OCc3ccccc3)c2)CC1(F)F. The molecule has 0 radical (unpaired) electrons. The van der Waals surface area contributed by atoms with Gasteiger partial charge in [-0.15, -0.1) is 0 Å². The van der Waals surface area contributed by atoms with Crippen LogP contribution in [0.5, 0.6) is 5.75 Å². The third-order valence-electron chi connectivity index (χ3n) is 3.63. The lowest BCUT2D eigenvalue weighted by atomic mass is 10.1. The third kappa shape index (κ3) is 2.27. The Kier molecular flexibility index (Phi) is 2.98. The summed E-state index contributed by atoms with van der Waals surface area (Å²) in [5.74, 6) is -2.26. The number of rotatable bonds is 4.